The number of para-hydroxylation sites is 1. The van der Waals surface area contributed by atoms with Gasteiger partial charge in [0.05, 0.1) is 10.2 Å². The van der Waals surface area contributed by atoms with E-state index in [9.17, 15) is 9.59 Å². The number of fused-ring (bicyclic) bond motifs is 1. The van der Waals surface area contributed by atoms with Gasteiger partial charge in [-0.3, -0.25) is 14.5 Å². The molecule has 1 fully saturated rings. The lowest BCUT2D eigenvalue weighted by Crippen LogP contribution is -2.42. The number of carbonyl (C=O) groups excluding carboxylic acids is 2. The number of anilines is 1. The van der Waals surface area contributed by atoms with Gasteiger partial charge in [-0.2, -0.15) is 0 Å². The molecule has 1 aromatic carbocycles. The third-order valence-corrected chi connectivity index (χ3v) is 5.02. The van der Waals surface area contributed by atoms with Crippen molar-refractivity contribution in [1.29, 1.82) is 0 Å². The first-order chi connectivity index (χ1) is 10.1. The Morgan fingerprint density at radius 1 is 1.43 bits per heavy atom. The van der Waals surface area contributed by atoms with Crippen LogP contribution in [0.4, 0.5) is 5.13 Å². The summed E-state index contributed by atoms with van der Waals surface area (Å²) in [7, 11) is 3.52. The molecule has 1 aliphatic heterocycles. The molecule has 1 atom stereocenters. The summed E-state index contributed by atoms with van der Waals surface area (Å²) in [4.78, 5) is 32.1. The fourth-order valence-electron chi connectivity index (χ4n) is 2.53. The third kappa shape index (κ3) is 2.63. The van der Waals surface area contributed by atoms with Gasteiger partial charge >= 0.3 is 0 Å². The molecular weight excluding hydrogens is 286 g/mol. The Labute approximate surface area is 127 Å². The van der Waals surface area contributed by atoms with Crippen LogP contribution in [0.3, 0.4) is 0 Å². The van der Waals surface area contributed by atoms with Crippen molar-refractivity contribution in [1.82, 2.24) is 9.88 Å². The van der Waals surface area contributed by atoms with Crippen LogP contribution >= 0.6 is 11.3 Å². The summed E-state index contributed by atoms with van der Waals surface area (Å²) in [6, 6.07) is 7.83. The van der Waals surface area contributed by atoms with Crippen LogP contribution in [0, 0.1) is 5.92 Å². The minimum atomic E-state index is -0.231. The number of amides is 2. The second-order valence-corrected chi connectivity index (χ2v) is 6.38. The summed E-state index contributed by atoms with van der Waals surface area (Å²) < 4.78 is 1.06. The molecule has 0 N–H and O–H groups in total. The zero-order valence-corrected chi connectivity index (χ0v) is 12.9. The summed E-state index contributed by atoms with van der Waals surface area (Å²) in [5, 5.41) is 0.688. The highest BCUT2D eigenvalue weighted by atomic mass is 32.1. The monoisotopic (exact) mass is 303 g/mol. The highest BCUT2D eigenvalue weighted by Gasteiger charge is 2.31. The van der Waals surface area contributed by atoms with Gasteiger partial charge in [-0.05, 0) is 18.6 Å². The summed E-state index contributed by atoms with van der Waals surface area (Å²) in [5.41, 5.74) is 0.900. The fraction of sp³-hybridized carbons (Fsp3) is 0.400. The number of carbonyl (C=O) groups is 2. The van der Waals surface area contributed by atoms with Crippen LogP contribution in [0.15, 0.2) is 24.3 Å². The van der Waals surface area contributed by atoms with E-state index < -0.39 is 0 Å². The van der Waals surface area contributed by atoms with Crippen molar-refractivity contribution in [3.8, 4) is 0 Å². The first kappa shape index (κ1) is 14.0. The van der Waals surface area contributed by atoms with Crippen LogP contribution in [-0.4, -0.2) is 42.3 Å². The fourth-order valence-corrected chi connectivity index (χ4v) is 3.46. The Morgan fingerprint density at radius 2 is 2.19 bits per heavy atom. The minimum absolute atomic E-state index is 0.0180. The van der Waals surface area contributed by atoms with Crippen molar-refractivity contribution in [2.45, 2.75) is 12.8 Å². The minimum Gasteiger partial charge on any atom is -0.346 e. The Morgan fingerprint density at radius 3 is 2.90 bits per heavy atom. The summed E-state index contributed by atoms with van der Waals surface area (Å²) in [6.07, 6.45) is 1.01. The molecule has 110 valence electrons. The van der Waals surface area contributed by atoms with E-state index in [-0.39, 0.29) is 17.7 Å². The van der Waals surface area contributed by atoms with Crippen LogP contribution < -0.4 is 4.90 Å². The molecule has 0 bridgehead atoms. The lowest BCUT2D eigenvalue weighted by Gasteiger charge is -2.29. The lowest BCUT2D eigenvalue weighted by atomic mass is 9.95. The Hall–Kier alpha value is -1.95. The van der Waals surface area contributed by atoms with E-state index >= 15 is 0 Å². The standard InChI is InChI=1S/C15H17N3O2S/c1-17-8-7-10(9-13(17)19)14(20)18(2)15-16-11-5-3-4-6-12(11)21-15/h3-6,10H,7-9H2,1-2H3/t10-/m0/s1. The number of thiazole rings is 1. The first-order valence-corrected chi connectivity index (χ1v) is 7.75. The Kier molecular flexibility index (Phi) is 3.63. The molecule has 2 amide bonds. The van der Waals surface area contributed by atoms with Crippen molar-refractivity contribution in [2.75, 3.05) is 25.5 Å². The summed E-state index contributed by atoms with van der Waals surface area (Å²) in [6.45, 7) is 0.642. The topological polar surface area (TPSA) is 53.5 Å². The van der Waals surface area contributed by atoms with Gasteiger partial charge in [0, 0.05) is 33.0 Å². The normalized spacial score (nSPS) is 19.0. The van der Waals surface area contributed by atoms with Gasteiger partial charge in [0.1, 0.15) is 0 Å². The van der Waals surface area contributed by atoms with Crippen molar-refractivity contribution in [3.63, 3.8) is 0 Å². The Bertz CT molecular complexity index is 664. The van der Waals surface area contributed by atoms with Crippen LogP contribution in [-0.2, 0) is 9.59 Å². The van der Waals surface area contributed by atoms with Crippen LogP contribution in [0.1, 0.15) is 12.8 Å². The number of aromatic nitrogens is 1. The maximum Gasteiger partial charge on any atom is 0.232 e. The van der Waals surface area contributed by atoms with E-state index in [1.165, 1.54) is 11.3 Å². The van der Waals surface area contributed by atoms with Crippen molar-refractivity contribution < 1.29 is 9.59 Å². The predicted octanol–water partition coefficient (Wildman–Crippen LogP) is 2.13. The van der Waals surface area contributed by atoms with Gasteiger partial charge < -0.3 is 4.90 Å². The number of piperidine rings is 1. The molecule has 0 aliphatic carbocycles. The first-order valence-electron chi connectivity index (χ1n) is 6.93. The van der Waals surface area contributed by atoms with Gasteiger partial charge in [0.2, 0.25) is 11.8 Å². The molecule has 2 aromatic rings. The van der Waals surface area contributed by atoms with Crippen LogP contribution in [0.2, 0.25) is 0 Å². The molecule has 3 rings (SSSR count). The maximum absolute atomic E-state index is 12.5. The van der Waals surface area contributed by atoms with Gasteiger partial charge in [-0.1, -0.05) is 23.5 Å². The molecule has 5 nitrogen and oxygen atoms in total. The number of likely N-dealkylation sites (tertiary alicyclic amines) is 1. The molecule has 1 saturated heterocycles. The number of hydrogen-bond acceptors (Lipinski definition) is 4. The SMILES string of the molecule is CN1CC[C@H](C(=O)N(C)c2nc3ccccc3s2)CC1=O. The zero-order chi connectivity index (χ0) is 15.0. The van der Waals surface area contributed by atoms with E-state index in [0.29, 0.717) is 18.1 Å². The van der Waals surface area contributed by atoms with Gasteiger partial charge in [-0.15, -0.1) is 0 Å². The predicted molar refractivity (Wildman–Crippen MR) is 83.4 cm³/mol. The van der Waals surface area contributed by atoms with E-state index in [0.717, 1.165) is 16.6 Å². The molecular formula is C15H17N3O2S. The molecule has 0 spiro atoms. The van der Waals surface area contributed by atoms with Crippen LogP contribution in [0.5, 0.6) is 0 Å². The quantitative estimate of drug-likeness (QED) is 0.854. The second-order valence-electron chi connectivity index (χ2n) is 5.37. The number of nitrogens with zero attached hydrogens (tertiary/aromatic N) is 3. The number of rotatable bonds is 2. The third-order valence-electron chi connectivity index (χ3n) is 3.91. The molecule has 0 saturated carbocycles. The molecule has 0 radical (unpaired) electrons. The molecule has 1 aromatic heterocycles. The largest absolute Gasteiger partial charge is 0.346 e. The molecule has 0 unspecified atom stereocenters. The zero-order valence-electron chi connectivity index (χ0n) is 12.1. The average Bonchev–Trinajstić information content (AvgIpc) is 2.92. The van der Waals surface area contributed by atoms with Crippen molar-refractivity contribution in [2.24, 2.45) is 5.92 Å². The van der Waals surface area contributed by atoms with Gasteiger partial charge in [0.15, 0.2) is 5.13 Å². The number of hydrogen-bond donors (Lipinski definition) is 0. The second kappa shape index (κ2) is 5.44. The van der Waals surface area contributed by atoms with Crippen molar-refractivity contribution >= 4 is 38.5 Å². The summed E-state index contributed by atoms with van der Waals surface area (Å²) >= 11 is 1.50. The lowest BCUT2D eigenvalue weighted by molar-refractivity contribution is -0.138. The molecule has 1 aliphatic rings. The molecule has 2 heterocycles. The van der Waals surface area contributed by atoms with E-state index in [4.69, 9.17) is 0 Å². The maximum atomic E-state index is 12.5. The summed E-state index contributed by atoms with van der Waals surface area (Å²) in [5.74, 6) is -0.210. The molecule has 6 heteroatoms. The van der Waals surface area contributed by atoms with E-state index in [2.05, 4.69) is 4.98 Å². The highest BCUT2D eigenvalue weighted by molar-refractivity contribution is 7.22. The number of benzene rings is 1. The highest BCUT2D eigenvalue weighted by Crippen LogP contribution is 2.30. The van der Waals surface area contributed by atoms with E-state index in [1.807, 2.05) is 24.3 Å². The van der Waals surface area contributed by atoms with Crippen molar-refractivity contribution in [3.05, 3.63) is 24.3 Å². The Balaban J connectivity index is 1.79. The smallest absolute Gasteiger partial charge is 0.232 e. The van der Waals surface area contributed by atoms with Gasteiger partial charge in [0.25, 0.3) is 0 Å². The van der Waals surface area contributed by atoms with Crippen LogP contribution in [0.25, 0.3) is 10.2 Å². The average molecular weight is 303 g/mol. The van der Waals surface area contributed by atoms with Gasteiger partial charge in [-0.25, -0.2) is 4.98 Å². The van der Waals surface area contributed by atoms with E-state index in [1.54, 1.807) is 23.9 Å². The molecule has 21 heavy (non-hydrogen) atoms.